The van der Waals surface area contributed by atoms with Crippen LogP contribution in [0.25, 0.3) is 0 Å². The zero-order valence-corrected chi connectivity index (χ0v) is 14.4. The van der Waals surface area contributed by atoms with Crippen molar-refractivity contribution in [2.24, 2.45) is 0 Å². The van der Waals surface area contributed by atoms with Crippen LogP contribution in [0.15, 0.2) is 12.1 Å². The SMILES string of the molecule is COc1cc(Cl)cc(CN2CC3CCCN3C[C@H]2C)c1OC. The van der Waals surface area contributed by atoms with Crippen molar-refractivity contribution in [3.63, 3.8) is 0 Å². The average molecular weight is 325 g/mol. The summed E-state index contributed by atoms with van der Waals surface area (Å²) in [6, 6.07) is 5.06. The Bertz CT molecular complexity index is 538. The molecule has 0 aliphatic carbocycles. The number of hydrogen-bond acceptors (Lipinski definition) is 4. The van der Waals surface area contributed by atoms with Crippen LogP contribution in [-0.2, 0) is 6.54 Å². The van der Waals surface area contributed by atoms with Crippen LogP contribution < -0.4 is 9.47 Å². The molecule has 0 radical (unpaired) electrons. The van der Waals surface area contributed by atoms with E-state index in [0.717, 1.165) is 30.9 Å². The highest BCUT2D eigenvalue weighted by Gasteiger charge is 2.34. The highest BCUT2D eigenvalue weighted by Crippen LogP contribution is 2.36. The number of piperazine rings is 1. The van der Waals surface area contributed by atoms with Gasteiger partial charge in [-0.05, 0) is 32.4 Å². The smallest absolute Gasteiger partial charge is 0.165 e. The van der Waals surface area contributed by atoms with Gasteiger partial charge in [-0.3, -0.25) is 9.80 Å². The fraction of sp³-hybridized carbons (Fsp3) is 0.647. The van der Waals surface area contributed by atoms with Crippen LogP contribution in [0.3, 0.4) is 0 Å². The molecular formula is C17H25ClN2O2. The van der Waals surface area contributed by atoms with Crippen molar-refractivity contribution in [1.29, 1.82) is 0 Å². The molecule has 2 heterocycles. The van der Waals surface area contributed by atoms with Crippen molar-refractivity contribution in [3.05, 3.63) is 22.7 Å². The molecule has 0 spiro atoms. The molecule has 0 amide bonds. The fourth-order valence-corrected chi connectivity index (χ4v) is 4.04. The standard InChI is InChI=1S/C17H25ClN2O2/c1-12-9-19-6-4-5-15(19)11-20(12)10-13-7-14(18)8-16(21-2)17(13)22-3/h7-8,12,15H,4-6,9-11H2,1-3H3/t12-,15?/m1/s1. The zero-order valence-electron chi connectivity index (χ0n) is 13.6. The van der Waals surface area contributed by atoms with E-state index in [1.165, 1.54) is 19.4 Å². The highest BCUT2D eigenvalue weighted by atomic mass is 35.5. The summed E-state index contributed by atoms with van der Waals surface area (Å²) < 4.78 is 11.0. The van der Waals surface area contributed by atoms with Crippen LogP contribution in [0.1, 0.15) is 25.3 Å². The predicted octanol–water partition coefficient (Wildman–Crippen LogP) is 3.03. The number of ether oxygens (including phenoxy) is 2. The van der Waals surface area contributed by atoms with E-state index in [2.05, 4.69) is 16.7 Å². The maximum atomic E-state index is 6.24. The molecule has 2 saturated heterocycles. The maximum absolute atomic E-state index is 6.24. The van der Waals surface area contributed by atoms with Crippen molar-refractivity contribution in [2.45, 2.75) is 38.4 Å². The minimum absolute atomic E-state index is 0.545. The molecule has 0 bridgehead atoms. The molecule has 122 valence electrons. The summed E-state index contributed by atoms with van der Waals surface area (Å²) in [5.74, 6) is 1.50. The molecule has 2 aliphatic heterocycles. The van der Waals surface area contributed by atoms with Crippen molar-refractivity contribution in [2.75, 3.05) is 33.9 Å². The molecule has 22 heavy (non-hydrogen) atoms. The first-order valence-corrected chi connectivity index (χ1v) is 8.38. The first-order chi connectivity index (χ1) is 10.6. The van der Waals surface area contributed by atoms with Crippen LogP contribution in [0.4, 0.5) is 0 Å². The van der Waals surface area contributed by atoms with Crippen molar-refractivity contribution >= 4 is 11.6 Å². The van der Waals surface area contributed by atoms with Gasteiger partial charge >= 0.3 is 0 Å². The normalized spacial score (nSPS) is 26.0. The van der Waals surface area contributed by atoms with Crippen molar-refractivity contribution in [3.8, 4) is 11.5 Å². The van der Waals surface area contributed by atoms with E-state index >= 15 is 0 Å². The minimum atomic E-state index is 0.545. The lowest BCUT2D eigenvalue weighted by molar-refractivity contribution is 0.0534. The molecule has 2 atom stereocenters. The summed E-state index contributed by atoms with van der Waals surface area (Å²) in [5.41, 5.74) is 1.10. The molecule has 4 nitrogen and oxygen atoms in total. The van der Waals surface area contributed by atoms with E-state index < -0.39 is 0 Å². The van der Waals surface area contributed by atoms with E-state index in [1.807, 2.05) is 12.1 Å². The van der Waals surface area contributed by atoms with E-state index in [0.29, 0.717) is 22.9 Å². The third-order valence-electron chi connectivity index (χ3n) is 4.96. The molecule has 0 aromatic heterocycles. The molecule has 3 rings (SSSR count). The van der Waals surface area contributed by atoms with Gasteiger partial charge in [0.1, 0.15) is 0 Å². The van der Waals surface area contributed by atoms with Crippen LogP contribution in [-0.4, -0.2) is 55.7 Å². The van der Waals surface area contributed by atoms with Crippen LogP contribution in [0.2, 0.25) is 5.02 Å². The number of benzene rings is 1. The lowest BCUT2D eigenvalue weighted by Gasteiger charge is -2.42. The Hall–Kier alpha value is -0.970. The van der Waals surface area contributed by atoms with E-state index in [4.69, 9.17) is 21.1 Å². The lowest BCUT2D eigenvalue weighted by Crippen LogP contribution is -2.54. The Balaban J connectivity index is 1.81. The van der Waals surface area contributed by atoms with Crippen LogP contribution >= 0.6 is 11.6 Å². The second kappa shape index (κ2) is 6.65. The molecular weight excluding hydrogens is 300 g/mol. The topological polar surface area (TPSA) is 24.9 Å². The number of rotatable bonds is 4. The van der Waals surface area contributed by atoms with Gasteiger partial charge in [0.15, 0.2) is 11.5 Å². The molecule has 0 N–H and O–H groups in total. The summed E-state index contributed by atoms with van der Waals surface area (Å²) in [6.07, 6.45) is 2.65. The van der Waals surface area contributed by atoms with Crippen molar-refractivity contribution < 1.29 is 9.47 Å². The van der Waals surface area contributed by atoms with Gasteiger partial charge in [-0.2, -0.15) is 0 Å². The third-order valence-corrected chi connectivity index (χ3v) is 5.18. The number of fused-ring (bicyclic) bond motifs is 1. The van der Waals surface area contributed by atoms with E-state index in [1.54, 1.807) is 14.2 Å². The Morgan fingerprint density at radius 3 is 2.77 bits per heavy atom. The van der Waals surface area contributed by atoms with E-state index in [9.17, 15) is 0 Å². The summed E-state index contributed by atoms with van der Waals surface area (Å²) in [5, 5.41) is 0.694. The van der Waals surface area contributed by atoms with Gasteiger partial charge < -0.3 is 9.47 Å². The largest absolute Gasteiger partial charge is 0.493 e. The van der Waals surface area contributed by atoms with Crippen LogP contribution in [0, 0.1) is 0 Å². The average Bonchev–Trinajstić information content (AvgIpc) is 2.94. The third kappa shape index (κ3) is 3.05. The van der Waals surface area contributed by atoms with Crippen molar-refractivity contribution in [1.82, 2.24) is 9.80 Å². The van der Waals surface area contributed by atoms with Gasteiger partial charge in [0, 0.05) is 48.4 Å². The second-order valence-electron chi connectivity index (χ2n) is 6.37. The monoisotopic (exact) mass is 324 g/mol. The molecule has 1 aromatic rings. The quantitative estimate of drug-likeness (QED) is 0.850. The first-order valence-electron chi connectivity index (χ1n) is 8.01. The Labute approximate surface area is 137 Å². The number of hydrogen-bond donors (Lipinski definition) is 0. The molecule has 2 fully saturated rings. The summed E-state index contributed by atoms with van der Waals surface area (Å²) in [7, 11) is 3.34. The molecule has 1 unspecified atom stereocenters. The predicted molar refractivity (Wildman–Crippen MR) is 89.0 cm³/mol. The lowest BCUT2D eigenvalue weighted by atomic mass is 10.1. The van der Waals surface area contributed by atoms with Crippen LogP contribution in [0.5, 0.6) is 11.5 Å². The number of methoxy groups -OCH3 is 2. The Morgan fingerprint density at radius 2 is 2.05 bits per heavy atom. The number of halogens is 1. The van der Waals surface area contributed by atoms with Gasteiger partial charge in [0.25, 0.3) is 0 Å². The Morgan fingerprint density at radius 1 is 1.23 bits per heavy atom. The summed E-state index contributed by atoms with van der Waals surface area (Å²) in [6.45, 7) is 6.70. The number of nitrogens with zero attached hydrogens (tertiary/aromatic N) is 2. The summed E-state index contributed by atoms with van der Waals surface area (Å²) >= 11 is 6.24. The molecule has 2 aliphatic rings. The fourth-order valence-electron chi connectivity index (χ4n) is 3.81. The zero-order chi connectivity index (χ0) is 15.7. The van der Waals surface area contributed by atoms with Gasteiger partial charge in [0.2, 0.25) is 0 Å². The molecule has 1 aromatic carbocycles. The minimum Gasteiger partial charge on any atom is -0.493 e. The van der Waals surface area contributed by atoms with E-state index in [-0.39, 0.29) is 0 Å². The van der Waals surface area contributed by atoms with Gasteiger partial charge in [0.05, 0.1) is 14.2 Å². The molecule has 0 saturated carbocycles. The first kappa shape index (κ1) is 15.9. The van der Waals surface area contributed by atoms with Gasteiger partial charge in [-0.25, -0.2) is 0 Å². The second-order valence-corrected chi connectivity index (χ2v) is 6.81. The molecule has 5 heteroatoms. The van der Waals surface area contributed by atoms with Gasteiger partial charge in [-0.1, -0.05) is 11.6 Å². The Kier molecular flexibility index (Phi) is 4.81. The highest BCUT2D eigenvalue weighted by molar-refractivity contribution is 6.30. The summed E-state index contributed by atoms with van der Waals surface area (Å²) in [4.78, 5) is 5.18. The van der Waals surface area contributed by atoms with Gasteiger partial charge in [-0.15, -0.1) is 0 Å². The maximum Gasteiger partial charge on any atom is 0.165 e.